The molecule has 6 rings (SSSR count). The highest BCUT2D eigenvalue weighted by Crippen LogP contribution is 2.19. The van der Waals surface area contributed by atoms with E-state index in [2.05, 4.69) is 25.6 Å². The highest BCUT2D eigenvalue weighted by Gasteiger charge is 2.29. The quantitative estimate of drug-likeness (QED) is 0.425. The molecule has 13 heteroatoms. The molecule has 3 aliphatic heterocycles. The number of fused-ring (bicyclic) bond motifs is 2. The van der Waals surface area contributed by atoms with Gasteiger partial charge in [-0.05, 0) is 61.1 Å². The molecule has 0 radical (unpaired) electrons. The van der Waals surface area contributed by atoms with Gasteiger partial charge in [0.2, 0.25) is 11.9 Å². The number of halogens is 3. The molecular weight excluding hydrogens is 577 g/mol. The van der Waals surface area contributed by atoms with Crippen LogP contribution < -0.4 is 20.1 Å². The van der Waals surface area contributed by atoms with Gasteiger partial charge >= 0.3 is 12.2 Å². The first-order valence-corrected chi connectivity index (χ1v) is 14.7. The Bertz CT molecular complexity index is 1370. The summed E-state index contributed by atoms with van der Waals surface area (Å²) < 4.78 is 49.1. The molecule has 1 aromatic heterocycles. The van der Waals surface area contributed by atoms with E-state index < -0.39 is 18.8 Å². The maximum atomic E-state index is 12.8. The zero-order valence-electron chi connectivity index (χ0n) is 24.7. The SMILES string of the molecule is CCCC(=O)N1CCCCOc2ccc(cc2)CNc2nc(nc(OCC(F)(F)F)n2)Cc2ccc(cc2)C(=O)NCCC1. The summed E-state index contributed by atoms with van der Waals surface area (Å²) in [5.74, 6) is 0.839. The zero-order valence-corrected chi connectivity index (χ0v) is 24.7. The maximum absolute atomic E-state index is 12.8. The first-order valence-electron chi connectivity index (χ1n) is 14.7. The van der Waals surface area contributed by atoms with Gasteiger partial charge in [-0.15, -0.1) is 0 Å². The average molecular weight is 615 g/mol. The van der Waals surface area contributed by atoms with Crippen LogP contribution in [0.2, 0.25) is 0 Å². The van der Waals surface area contributed by atoms with Crippen LogP contribution in [0.4, 0.5) is 19.1 Å². The Hall–Kier alpha value is -4.42. The fourth-order valence-corrected chi connectivity index (χ4v) is 4.51. The number of rotatable bonds is 4. The lowest BCUT2D eigenvalue weighted by molar-refractivity contribution is -0.154. The molecular formula is C31H37F3N6O4. The molecule has 0 saturated heterocycles. The Morgan fingerprint density at radius 1 is 0.955 bits per heavy atom. The van der Waals surface area contributed by atoms with Crippen molar-refractivity contribution in [1.82, 2.24) is 25.2 Å². The molecule has 4 heterocycles. The fraction of sp³-hybridized carbons (Fsp3) is 0.452. The third-order valence-corrected chi connectivity index (χ3v) is 6.78. The van der Waals surface area contributed by atoms with Crippen molar-refractivity contribution in [3.05, 3.63) is 71.0 Å². The van der Waals surface area contributed by atoms with Crippen molar-refractivity contribution >= 4 is 17.8 Å². The Balaban J connectivity index is 1.52. The molecule has 2 amide bonds. The topological polar surface area (TPSA) is 119 Å². The second-order valence-electron chi connectivity index (χ2n) is 10.4. The van der Waals surface area contributed by atoms with Crippen LogP contribution in [0, 0.1) is 0 Å². The summed E-state index contributed by atoms with van der Waals surface area (Å²) in [5.41, 5.74) is 2.07. The lowest BCUT2D eigenvalue weighted by atomic mass is 10.1. The first kappa shape index (κ1) is 32.5. The van der Waals surface area contributed by atoms with Gasteiger partial charge in [-0.3, -0.25) is 9.59 Å². The number of carbonyl (C=O) groups excluding carboxylic acids is 2. The predicted molar refractivity (Wildman–Crippen MR) is 158 cm³/mol. The number of ether oxygens (including phenoxy) is 2. The van der Waals surface area contributed by atoms with Gasteiger partial charge < -0.3 is 25.0 Å². The number of alkyl halides is 3. The lowest BCUT2D eigenvalue weighted by Crippen LogP contribution is -2.35. The van der Waals surface area contributed by atoms with E-state index >= 15 is 0 Å². The molecule has 0 saturated carbocycles. The lowest BCUT2D eigenvalue weighted by Gasteiger charge is -2.23. The summed E-state index contributed by atoms with van der Waals surface area (Å²) in [6.07, 6.45) is -0.929. The highest BCUT2D eigenvalue weighted by atomic mass is 19.4. The Labute approximate surface area is 254 Å². The molecule has 2 N–H and O–H groups in total. The van der Waals surface area contributed by atoms with Crippen LogP contribution in [0.25, 0.3) is 0 Å². The third kappa shape index (κ3) is 10.7. The van der Waals surface area contributed by atoms with Crippen molar-refractivity contribution in [2.75, 3.05) is 38.2 Å². The van der Waals surface area contributed by atoms with Crippen molar-refractivity contribution in [3.63, 3.8) is 0 Å². The summed E-state index contributed by atoms with van der Waals surface area (Å²) >= 11 is 0. The zero-order chi connectivity index (χ0) is 31.4. The number of nitrogens with zero attached hydrogens (tertiary/aromatic N) is 4. The van der Waals surface area contributed by atoms with Gasteiger partial charge in [0.1, 0.15) is 11.6 Å². The summed E-state index contributed by atoms with van der Waals surface area (Å²) in [7, 11) is 0. The number of anilines is 1. The van der Waals surface area contributed by atoms with E-state index in [9.17, 15) is 22.8 Å². The van der Waals surface area contributed by atoms with Crippen LogP contribution in [-0.2, 0) is 17.8 Å². The van der Waals surface area contributed by atoms with E-state index in [0.717, 1.165) is 30.4 Å². The minimum Gasteiger partial charge on any atom is -0.494 e. The molecule has 2 aromatic carbocycles. The maximum Gasteiger partial charge on any atom is 0.422 e. The van der Waals surface area contributed by atoms with E-state index in [1.165, 1.54) is 0 Å². The van der Waals surface area contributed by atoms with Crippen LogP contribution in [0.5, 0.6) is 11.8 Å². The second-order valence-corrected chi connectivity index (χ2v) is 10.4. The summed E-state index contributed by atoms with van der Waals surface area (Å²) in [6.45, 7) is 2.84. The van der Waals surface area contributed by atoms with Gasteiger partial charge in [0, 0.05) is 44.6 Å². The van der Waals surface area contributed by atoms with E-state index in [1.807, 2.05) is 36.1 Å². The number of carbonyl (C=O) groups is 2. The second kappa shape index (κ2) is 15.9. The molecule has 6 bridgehead atoms. The fourth-order valence-electron chi connectivity index (χ4n) is 4.51. The molecule has 0 spiro atoms. The number of hydrogen-bond donors (Lipinski definition) is 2. The number of nitrogens with one attached hydrogen (secondary N) is 2. The normalized spacial score (nSPS) is 15.4. The largest absolute Gasteiger partial charge is 0.494 e. The third-order valence-electron chi connectivity index (χ3n) is 6.78. The Morgan fingerprint density at radius 3 is 2.41 bits per heavy atom. The van der Waals surface area contributed by atoms with Gasteiger partial charge in [-0.2, -0.15) is 28.1 Å². The molecule has 0 aliphatic carbocycles. The van der Waals surface area contributed by atoms with Gasteiger partial charge in [0.15, 0.2) is 6.61 Å². The van der Waals surface area contributed by atoms with Gasteiger partial charge in [-0.1, -0.05) is 31.2 Å². The van der Waals surface area contributed by atoms with Crippen LogP contribution in [0.15, 0.2) is 48.5 Å². The number of benzene rings is 2. The standard InChI is InChI=1S/C31H37F3N6O4/c1-2-6-27(41)40-16-3-4-18-43-25-13-9-23(10-14-25)20-36-29-37-26(38-30(39-29)44-21-31(32,33)34)19-22-7-11-24(12-8-22)28(42)35-15-5-17-40/h7-14H,2-6,15-21H2,1H3,(H,35,42)(H,36,37,38,39). The molecule has 44 heavy (non-hydrogen) atoms. The Morgan fingerprint density at radius 2 is 1.68 bits per heavy atom. The molecule has 10 nitrogen and oxygen atoms in total. The average Bonchev–Trinajstić information content (AvgIpc) is 3.00. The van der Waals surface area contributed by atoms with Crippen molar-refractivity contribution in [2.24, 2.45) is 0 Å². The van der Waals surface area contributed by atoms with Crippen molar-refractivity contribution in [3.8, 4) is 11.8 Å². The van der Waals surface area contributed by atoms with Crippen LogP contribution in [-0.4, -0.2) is 70.7 Å². The summed E-state index contributed by atoms with van der Waals surface area (Å²) in [5, 5.41) is 5.92. The molecule has 3 aromatic rings. The smallest absolute Gasteiger partial charge is 0.422 e. The summed E-state index contributed by atoms with van der Waals surface area (Å²) in [4.78, 5) is 39.7. The number of hydrogen-bond acceptors (Lipinski definition) is 8. The van der Waals surface area contributed by atoms with E-state index in [1.54, 1.807) is 24.3 Å². The van der Waals surface area contributed by atoms with Crippen LogP contribution in [0.1, 0.15) is 66.3 Å². The predicted octanol–water partition coefficient (Wildman–Crippen LogP) is 4.94. The molecule has 0 atom stereocenters. The van der Waals surface area contributed by atoms with Crippen LogP contribution >= 0.6 is 0 Å². The van der Waals surface area contributed by atoms with Gasteiger partial charge in [0.05, 0.1) is 6.61 Å². The number of amides is 2. The monoisotopic (exact) mass is 614 g/mol. The first-order chi connectivity index (χ1) is 21.2. The van der Waals surface area contributed by atoms with E-state index in [4.69, 9.17) is 9.47 Å². The van der Waals surface area contributed by atoms with E-state index in [0.29, 0.717) is 56.9 Å². The van der Waals surface area contributed by atoms with E-state index in [-0.39, 0.29) is 30.0 Å². The summed E-state index contributed by atoms with van der Waals surface area (Å²) in [6, 6.07) is 13.8. The molecule has 0 fully saturated rings. The van der Waals surface area contributed by atoms with Crippen molar-refractivity contribution in [1.29, 1.82) is 0 Å². The van der Waals surface area contributed by atoms with Crippen molar-refractivity contribution in [2.45, 2.75) is 58.2 Å². The molecule has 3 aliphatic rings. The van der Waals surface area contributed by atoms with Crippen molar-refractivity contribution < 1.29 is 32.2 Å². The van der Waals surface area contributed by atoms with Gasteiger partial charge in [0.25, 0.3) is 5.91 Å². The highest BCUT2D eigenvalue weighted by molar-refractivity contribution is 5.94. The number of aromatic nitrogens is 3. The molecule has 236 valence electrons. The van der Waals surface area contributed by atoms with Crippen LogP contribution in [0.3, 0.4) is 0 Å². The minimum atomic E-state index is -4.55. The molecule has 0 unspecified atom stereocenters. The van der Waals surface area contributed by atoms with Gasteiger partial charge in [-0.25, -0.2) is 0 Å². The Kier molecular flexibility index (Phi) is 11.7. The minimum absolute atomic E-state index is 0.0699.